The predicted molar refractivity (Wildman–Crippen MR) is 164 cm³/mol. The van der Waals surface area contributed by atoms with Crippen molar-refractivity contribution < 1.29 is 42.2 Å². The molecule has 3 N–H and O–H groups in total. The number of pyridine rings is 1. The van der Waals surface area contributed by atoms with Crippen molar-refractivity contribution in [2.24, 2.45) is 5.92 Å². The van der Waals surface area contributed by atoms with Crippen molar-refractivity contribution in [1.82, 2.24) is 26.1 Å². The average molecular weight is 646 g/mol. The van der Waals surface area contributed by atoms with Crippen LogP contribution < -0.4 is 16.1 Å². The molecular formula is C32H41F2N5O7. The molecule has 0 spiro atoms. The largest absolute Gasteiger partial charge is 0.450 e. The normalized spacial score (nSPS) is 26.3. The summed E-state index contributed by atoms with van der Waals surface area (Å²) >= 11 is 0. The lowest BCUT2D eigenvalue weighted by molar-refractivity contribution is -0.249. The number of cyclic esters (lactones) is 1. The van der Waals surface area contributed by atoms with Gasteiger partial charge in [-0.25, -0.2) is 19.0 Å². The van der Waals surface area contributed by atoms with Crippen molar-refractivity contribution in [3.8, 4) is 0 Å². The molecule has 250 valence electrons. The number of nitrogens with one attached hydrogen (secondary N) is 3. The van der Waals surface area contributed by atoms with Crippen LogP contribution in [-0.2, 0) is 33.4 Å². The van der Waals surface area contributed by atoms with Crippen molar-refractivity contribution in [1.29, 1.82) is 0 Å². The van der Waals surface area contributed by atoms with Gasteiger partial charge in [-0.1, -0.05) is 44.2 Å². The number of hydrazine groups is 1. The number of carbonyl (C=O) groups excluding carboxylic acids is 4. The maximum Gasteiger partial charge on any atom is 0.333 e. The summed E-state index contributed by atoms with van der Waals surface area (Å²) in [5.74, 6) is -5.46. The number of alkyl halides is 2. The molecule has 2 aliphatic rings. The highest BCUT2D eigenvalue weighted by molar-refractivity contribution is 5.91. The number of esters is 1. The van der Waals surface area contributed by atoms with Crippen LogP contribution in [0.15, 0.2) is 36.4 Å². The summed E-state index contributed by atoms with van der Waals surface area (Å²) in [6.07, 6.45) is 2.94. The van der Waals surface area contributed by atoms with E-state index >= 15 is 0 Å². The topological polar surface area (TPSA) is 148 Å². The Labute approximate surface area is 266 Å². The molecule has 46 heavy (non-hydrogen) atoms. The molecule has 12 nitrogen and oxygen atoms in total. The summed E-state index contributed by atoms with van der Waals surface area (Å²) in [5, 5.41) is 7.68. The summed E-state index contributed by atoms with van der Waals surface area (Å²) in [6.45, 7) is 2.95. The minimum Gasteiger partial charge on any atom is -0.450 e. The standard InChI is InChI=1S/C32H41F2N5O7/c1-19(2)28-30(42)36-21(4)31(43)39-13-5-8-25(38-39)29(41)35-20(3)24-12-11-23-10-9-22(15-26(23)37-24)7-6-14-44-32(17-33,18-34)45-16-27(40)46-28/h6-7,9-12,15,19-21,25,28,38H,5,8,13-14,16-18H2,1-4H3,(H,35,41)(H,36,42)/b7-6+/t20-,21+,25+,28+/m1/s1. The number of hydrogen-bond acceptors (Lipinski definition) is 9. The van der Waals surface area contributed by atoms with Crippen LogP contribution in [0.25, 0.3) is 17.0 Å². The molecule has 1 fully saturated rings. The van der Waals surface area contributed by atoms with Crippen molar-refractivity contribution in [2.45, 2.75) is 70.6 Å². The maximum absolute atomic E-state index is 13.9. The quantitative estimate of drug-likeness (QED) is 0.429. The van der Waals surface area contributed by atoms with E-state index in [0.29, 0.717) is 30.6 Å². The highest BCUT2D eigenvalue weighted by Gasteiger charge is 2.36. The first-order valence-corrected chi connectivity index (χ1v) is 15.3. The number of carbonyl (C=O) groups is 4. The van der Waals surface area contributed by atoms with Gasteiger partial charge in [0, 0.05) is 11.9 Å². The summed E-state index contributed by atoms with van der Waals surface area (Å²) in [6, 6.07) is 7.07. The molecule has 4 rings (SSSR count). The Hall–Kier alpha value is -4.01. The van der Waals surface area contributed by atoms with Crippen LogP contribution in [0.4, 0.5) is 8.78 Å². The van der Waals surface area contributed by atoms with Gasteiger partial charge in [0.2, 0.25) is 11.7 Å². The van der Waals surface area contributed by atoms with Gasteiger partial charge in [0.15, 0.2) is 6.10 Å². The minimum atomic E-state index is -2.36. The zero-order valence-corrected chi connectivity index (χ0v) is 26.4. The van der Waals surface area contributed by atoms with Crippen molar-refractivity contribution in [3.05, 3.63) is 47.7 Å². The molecule has 14 heteroatoms. The van der Waals surface area contributed by atoms with Gasteiger partial charge in [0.25, 0.3) is 11.8 Å². The lowest BCUT2D eigenvalue weighted by atomic mass is 10.1. The van der Waals surface area contributed by atoms with Crippen LogP contribution in [0.3, 0.4) is 0 Å². The van der Waals surface area contributed by atoms with E-state index in [1.807, 2.05) is 37.3 Å². The van der Waals surface area contributed by atoms with Crippen LogP contribution >= 0.6 is 0 Å². The van der Waals surface area contributed by atoms with Crippen molar-refractivity contribution >= 4 is 40.7 Å². The first kappa shape index (κ1) is 34.9. The van der Waals surface area contributed by atoms with E-state index < -0.39 is 73.7 Å². The average Bonchev–Trinajstić information content (AvgIpc) is 3.05. The SMILES string of the molecule is CC(C)[C@@H]1OC(=O)COC(CF)(CF)OC/C=C/c2ccc3ccc(nc3c2)[C@@H](C)NC(=O)[C@@H]2CCCN(N2)C(=O)[C@H](C)NC1=O. The Morgan fingerprint density at radius 1 is 1.00 bits per heavy atom. The molecule has 3 amide bonds. The number of nitrogens with zero attached hydrogens (tertiary/aromatic N) is 2. The van der Waals surface area contributed by atoms with Crippen LogP contribution in [0.2, 0.25) is 0 Å². The fourth-order valence-corrected chi connectivity index (χ4v) is 5.08. The summed E-state index contributed by atoms with van der Waals surface area (Å²) in [5.41, 5.74) is 4.99. The Kier molecular flexibility index (Phi) is 11.8. The van der Waals surface area contributed by atoms with Gasteiger partial charge >= 0.3 is 5.97 Å². The molecule has 5 bridgehead atoms. The van der Waals surface area contributed by atoms with E-state index in [4.69, 9.17) is 19.2 Å². The number of ether oxygens (including phenoxy) is 3. The zero-order valence-electron chi connectivity index (χ0n) is 26.4. The van der Waals surface area contributed by atoms with E-state index in [1.165, 1.54) is 11.9 Å². The predicted octanol–water partition coefficient (Wildman–Crippen LogP) is 2.68. The van der Waals surface area contributed by atoms with Crippen LogP contribution in [0.5, 0.6) is 0 Å². The Bertz CT molecular complexity index is 1450. The molecule has 0 saturated carbocycles. The van der Waals surface area contributed by atoms with E-state index in [0.717, 1.165) is 10.9 Å². The van der Waals surface area contributed by atoms with Crippen LogP contribution in [0.1, 0.15) is 57.8 Å². The third-order valence-corrected chi connectivity index (χ3v) is 7.77. The fourth-order valence-electron chi connectivity index (χ4n) is 5.08. The lowest BCUT2D eigenvalue weighted by Gasteiger charge is -2.35. The van der Waals surface area contributed by atoms with Gasteiger partial charge < -0.3 is 24.8 Å². The lowest BCUT2D eigenvalue weighted by Crippen LogP contribution is -2.61. The molecular weight excluding hydrogens is 604 g/mol. The van der Waals surface area contributed by atoms with Crippen LogP contribution in [-0.4, -0.2) is 90.8 Å². The van der Waals surface area contributed by atoms with E-state index in [-0.39, 0.29) is 12.5 Å². The Balaban J connectivity index is 1.61. The van der Waals surface area contributed by atoms with Crippen LogP contribution in [0, 0.1) is 5.92 Å². The second-order valence-electron chi connectivity index (χ2n) is 11.8. The molecule has 0 radical (unpaired) electrons. The van der Waals surface area contributed by atoms with Crippen molar-refractivity contribution in [2.75, 3.05) is 33.1 Å². The van der Waals surface area contributed by atoms with Gasteiger partial charge in [-0.2, -0.15) is 0 Å². The van der Waals surface area contributed by atoms with Gasteiger partial charge in [0.05, 0.1) is 23.9 Å². The van der Waals surface area contributed by atoms with E-state index in [2.05, 4.69) is 16.1 Å². The molecule has 2 aromatic rings. The van der Waals surface area contributed by atoms with E-state index in [1.54, 1.807) is 26.0 Å². The molecule has 0 aliphatic carbocycles. The number of halogens is 2. The summed E-state index contributed by atoms with van der Waals surface area (Å²) < 4.78 is 43.7. The third-order valence-electron chi connectivity index (χ3n) is 7.77. The second kappa shape index (κ2) is 15.5. The van der Waals surface area contributed by atoms with Gasteiger partial charge in [0.1, 0.15) is 32.0 Å². The fraction of sp³-hybridized carbons (Fsp3) is 0.531. The number of amides is 3. The molecule has 1 aromatic heterocycles. The molecule has 3 heterocycles. The number of hydrogen-bond donors (Lipinski definition) is 3. The summed E-state index contributed by atoms with van der Waals surface area (Å²) in [4.78, 5) is 56.9. The first-order valence-electron chi connectivity index (χ1n) is 15.3. The molecule has 1 aromatic carbocycles. The highest BCUT2D eigenvalue weighted by Crippen LogP contribution is 2.21. The molecule has 4 atom stereocenters. The van der Waals surface area contributed by atoms with Crippen molar-refractivity contribution in [3.63, 3.8) is 0 Å². The van der Waals surface area contributed by atoms with Gasteiger partial charge in [-0.15, -0.1) is 0 Å². The number of rotatable bonds is 3. The first-order chi connectivity index (χ1) is 21.9. The Morgan fingerprint density at radius 3 is 2.43 bits per heavy atom. The smallest absolute Gasteiger partial charge is 0.333 e. The third kappa shape index (κ3) is 8.62. The molecule has 0 unspecified atom stereocenters. The van der Waals surface area contributed by atoms with E-state index in [9.17, 15) is 28.0 Å². The van der Waals surface area contributed by atoms with Gasteiger partial charge in [-0.3, -0.25) is 24.4 Å². The zero-order chi connectivity index (χ0) is 33.4. The molecule has 2 aliphatic heterocycles. The minimum absolute atomic E-state index is 0.243. The second-order valence-corrected chi connectivity index (χ2v) is 11.8. The van der Waals surface area contributed by atoms with Gasteiger partial charge in [-0.05, 0) is 50.3 Å². The maximum atomic E-state index is 13.9. The monoisotopic (exact) mass is 645 g/mol. The Morgan fingerprint density at radius 2 is 1.72 bits per heavy atom. The number of fused-ring (bicyclic) bond motifs is 4. The number of aromatic nitrogens is 1. The summed E-state index contributed by atoms with van der Waals surface area (Å²) in [7, 11) is 0. The molecule has 1 saturated heterocycles. The number of benzene rings is 1. The highest BCUT2D eigenvalue weighted by atomic mass is 19.1.